The highest BCUT2D eigenvalue weighted by Gasteiger charge is 2.19. The van der Waals surface area contributed by atoms with Crippen molar-refractivity contribution in [1.82, 2.24) is 26.3 Å². The van der Waals surface area contributed by atoms with E-state index < -0.39 is 0 Å². The Balaban J connectivity index is 1.82. The van der Waals surface area contributed by atoms with Crippen molar-refractivity contribution >= 4 is 28.7 Å². The average molecular weight is 515 g/mol. The van der Waals surface area contributed by atoms with E-state index in [4.69, 9.17) is 5.73 Å². The van der Waals surface area contributed by atoms with E-state index in [9.17, 15) is 14.4 Å². The molecule has 0 spiro atoms. The molecular formula is C28H46N6O3. The Labute approximate surface area is 221 Å². The maximum absolute atomic E-state index is 12.7. The third-order valence-electron chi connectivity index (χ3n) is 6.63. The van der Waals surface area contributed by atoms with Gasteiger partial charge in [-0.25, -0.2) is 9.59 Å². The van der Waals surface area contributed by atoms with Gasteiger partial charge in [-0.1, -0.05) is 45.4 Å². The van der Waals surface area contributed by atoms with Crippen LogP contribution in [0.5, 0.6) is 0 Å². The fraction of sp³-hybridized carbons (Fsp3) is 0.607. The number of amides is 4. The van der Waals surface area contributed by atoms with E-state index in [0.717, 1.165) is 24.8 Å². The molecule has 3 atom stereocenters. The predicted octanol–water partition coefficient (Wildman–Crippen LogP) is 3.84. The Hall–Kier alpha value is -3.07. The molecule has 0 saturated heterocycles. The minimum Gasteiger partial charge on any atom is -0.361 e. The number of nitrogens with two attached hydrogens (primary N) is 1. The fourth-order valence-electron chi connectivity index (χ4n) is 4.38. The van der Waals surface area contributed by atoms with Crippen molar-refractivity contribution in [2.75, 3.05) is 19.6 Å². The zero-order valence-corrected chi connectivity index (χ0v) is 22.9. The molecule has 1 heterocycles. The molecule has 206 valence electrons. The number of aromatic amines is 1. The van der Waals surface area contributed by atoms with E-state index in [0.29, 0.717) is 38.9 Å². The Morgan fingerprint density at radius 2 is 1.65 bits per heavy atom. The summed E-state index contributed by atoms with van der Waals surface area (Å²) in [4.78, 5) is 39.8. The molecular weight excluding hydrogens is 468 g/mol. The Morgan fingerprint density at radius 1 is 0.946 bits per heavy atom. The van der Waals surface area contributed by atoms with Gasteiger partial charge < -0.3 is 36.8 Å². The number of urea groups is 2. The second kappa shape index (κ2) is 15.9. The molecule has 1 aromatic heterocycles. The number of carbonyl (C=O) groups excluding carboxylic acids is 3. The van der Waals surface area contributed by atoms with Crippen LogP contribution < -0.4 is 27.0 Å². The molecule has 0 aliphatic heterocycles. The quantitative estimate of drug-likeness (QED) is 0.189. The van der Waals surface area contributed by atoms with E-state index in [-0.39, 0.29) is 41.8 Å². The van der Waals surface area contributed by atoms with E-state index in [1.165, 1.54) is 10.9 Å². The van der Waals surface area contributed by atoms with Crippen LogP contribution >= 0.6 is 0 Å². The van der Waals surface area contributed by atoms with Crippen LogP contribution in [0.15, 0.2) is 30.5 Å². The zero-order valence-electron chi connectivity index (χ0n) is 22.9. The first-order chi connectivity index (χ1) is 17.7. The first kappa shape index (κ1) is 30.2. The molecule has 2 aromatic rings. The lowest BCUT2D eigenvalue weighted by molar-refractivity contribution is -0.117. The van der Waals surface area contributed by atoms with Crippen molar-refractivity contribution in [3.05, 3.63) is 36.0 Å². The summed E-state index contributed by atoms with van der Waals surface area (Å²) in [7, 11) is 0. The molecule has 2 rings (SSSR count). The highest BCUT2D eigenvalue weighted by Crippen LogP contribution is 2.20. The molecule has 9 nitrogen and oxygen atoms in total. The SMILES string of the molecule is CC(=O)CC[C@@H](NC(=O)NC[C@H](CCCCN)NC(=O)NC[C@@H](C)Cc1c[nH]c2ccccc12)C(C)C. The van der Waals surface area contributed by atoms with Gasteiger partial charge in [0.2, 0.25) is 0 Å². The maximum Gasteiger partial charge on any atom is 0.315 e. The van der Waals surface area contributed by atoms with Gasteiger partial charge in [0.15, 0.2) is 0 Å². The number of H-pyrrole nitrogens is 1. The van der Waals surface area contributed by atoms with Gasteiger partial charge in [0, 0.05) is 48.7 Å². The summed E-state index contributed by atoms with van der Waals surface area (Å²) in [6.45, 7) is 9.16. The predicted molar refractivity (Wildman–Crippen MR) is 149 cm³/mol. The molecule has 0 bridgehead atoms. The third-order valence-corrected chi connectivity index (χ3v) is 6.63. The monoisotopic (exact) mass is 514 g/mol. The van der Waals surface area contributed by atoms with Gasteiger partial charge in [0.05, 0.1) is 0 Å². The second-order valence-electron chi connectivity index (χ2n) is 10.5. The lowest BCUT2D eigenvalue weighted by Gasteiger charge is -2.24. The minimum atomic E-state index is -0.291. The van der Waals surface area contributed by atoms with Gasteiger partial charge in [-0.15, -0.1) is 0 Å². The average Bonchev–Trinajstić information content (AvgIpc) is 3.26. The number of rotatable bonds is 16. The Bertz CT molecular complexity index is 989. The van der Waals surface area contributed by atoms with Crippen LogP contribution in [0.1, 0.15) is 65.4 Å². The largest absolute Gasteiger partial charge is 0.361 e. The zero-order chi connectivity index (χ0) is 27.2. The van der Waals surface area contributed by atoms with Gasteiger partial charge >= 0.3 is 12.1 Å². The van der Waals surface area contributed by atoms with Crippen molar-refractivity contribution in [1.29, 1.82) is 0 Å². The summed E-state index contributed by atoms with van der Waals surface area (Å²) in [5.74, 6) is 0.576. The molecule has 0 unspecified atom stereocenters. The van der Waals surface area contributed by atoms with Crippen molar-refractivity contribution < 1.29 is 14.4 Å². The second-order valence-corrected chi connectivity index (χ2v) is 10.5. The first-order valence-corrected chi connectivity index (χ1v) is 13.5. The Kier molecular flexibility index (Phi) is 13.0. The van der Waals surface area contributed by atoms with Crippen LogP contribution in [0, 0.1) is 11.8 Å². The molecule has 0 aliphatic rings. The summed E-state index contributed by atoms with van der Waals surface area (Å²) < 4.78 is 0. The summed E-state index contributed by atoms with van der Waals surface area (Å²) in [5.41, 5.74) is 7.99. The van der Waals surface area contributed by atoms with Gasteiger partial charge in [-0.2, -0.15) is 0 Å². The number of fused-ring (bicyclic) bond motifs is 1. The lowest BCUT2D eigenvalue weighted by atomic mass is 9.98. The molecule has 0 radical (unpaired) electrons. The van der Waals surface area contributed by atoms with E-state index in [1.54, 1.807) is 6.92 Å². The number of carbonyl (C=O) groups is 3. The number of hydrogen-bond donors (Lipinski definition) is 6. The van der Waals surface area contributed by atoms with Crippen molar-refractivity contribution in [3.8, 4) is 0 Å². The van der Waals surface area contributed by atoms with Crippen molar-refractivity contribution in [3.63, 3.8) is 0 Å². The van der Waals surface area contributed by atoms with Crippen LogP contribution in [-0.2, 0) is 11.2 Å². The number of ketones is 1. The number of unbranched alkanes of at least 4 members (excludes halogenated alkanes) is 1. The molecule has 0 aliphatic carbocycles. The van der Waals surface area contributed by atoms with E-state index in [2.05, 4.69) is 45.3 Å². The molecule has 0 fully saturated rings. The number of benzene rings is 1. The molecule has 37 heavy (non-hydrogen) atoms. The number of para-hydroxylation sites is 1. The normalized spacial score (nSPS) is 13.7. The molecule has 9 heteroatoms. The summed E-state index contributed by atoms with van der Waals surface area (Å²) >= 11 is 0. The highest BCUT2D eigenvalue weighted by molar-refractivity contribution is 5.83. The van der Waals surface area contributed by atoms with Gasteiger partial charge in [0.1, 0.15) is 5.78 Å². The number of nitrogens with one attached hydrogen (secondary N) is 5. The molecule has 4 amide bonds. The summed E-state index contributed by atoms with van der Waals surface area (Å²) in [6.07, 6.45) is 6.36. The molecule has 0 saturated carbocycles. The third kappa shape index (κ3) is 11.2. The van der Waals surface area contributed by atoms with Crippen molar-refractivity contribution in [2.45, 2.75) is 78.3 Å². The van der Waals surface area contributed by atoms with Gasteiger partial charge in [-0.3, -0.25) is 0 Å². The van der Waals surface area contributed by atoms with Crippen LogP contribution in [0.4, 0.5) is 9.59 Å². The van der Waals surface area contributed by atoms with Gasteiger partial charge in [-0.05, 0) is 62.6 Å². The minimum absolute atomic E-state index is 0.0884. The first-order valence-electron chi connectivity index (χ1n) is 13.5. The fourth-order valence-corrected chi connectivity index (χ4v) is 4.38. The van der Waals surface area contributed by atoms with Crippen LogP contribution in [0.3, 0.4) is 0 Å². The van der Waals surface area contributed by atoms with Crippen LogP contribution in [-0.4, -0.2) is 54.5 Å². The smallest absolute Gasteiger partial charge is 0.315 e. The van der Waals surface area contributed by atoms with Crippen LogP contribution in [0.2, 0.25) is 0 Å². The number of Topliss-reactive ketones (excluding diaryl/α,β-unsaturated/α-hetero) is 1. The van der Waals surface area contributed by atoms with Crippen molar-refractivity contribution in [2.24, 2.45) is 17.6 Å². The topological polar surface area (TPSA) is 141 Å². The number of aromatic nitrogens is 1. The standard InChI is InChI=1S/C28H46N6O3/c1-19(2)25(13-12-21(4)35)34-28(37)32-18-23(9-7-8-14-29)33-27(36)31-16-20(3)15-22-17-30-26-11-6-5-10-24(22)26/h5-6,10-11,17,19-20,23,25,30H,7-9,12-16,18,29H2,1-4H3,(H2,31,33,36)(H2,32,34,37)/t20-,23-,25+/m0/s1. The number of hydrogen-bond acceptors (Lipinski definition) is 4. The maximum atomic E-state index is 12.7. The lowest BCUT2D eigenvalue weighted by Crippen LogP contribution is -2.51. The van der Waals surface area contributed by atoms with E-state index >= 15 is 0 Å². The highest BCUT2D eigenvalue weighted by atomic mass is 16.2. The molecule has 7 N–H and O–H groups in total. The Morgan fingerprint density at radius 3 is 2.35 bits per heavy atom. The summed E-state index contributed by atoms with van der Waals surface area (Å²) in [5, 5.41) is 13.1. The molecule has 1 aromatic carbocycles. The van der Waals surface area contributed by atoms with Gasteiger partial charge in [0.25, 0.3) is 0 Å². The summed E-state index contributed by atoms with van der Waals surface area (Å²) in [6, 6.07) is 7.37. The van der Waals surface area contributed by atoms with E-state index in [1.807, 2.05) is 32.2 Å². The van der Waals surface area contributed by atoms with Crippen LogP contribution in [0.25, 0.3) is 10.9 Å².